The van der Waals surface area contributed by atoms with Gasteiger partial charge in [-0.3, -0.25) is 4.79 Å². The molecule has 18 heavy (non-hydrogen) atoms. The van der Waals surface area contributed by atoms with E-state index in [4.69, 9.17) is 10.5 Å². The Morgan fingerprint density at radius 2 is 2.33 bits per heavy atom. The van der Waals surface area contributed by atoms with E-state index in [2.05, 4.69) is 12.2 Å². The molecule has 1 heterocycles. The normalized spacial score (nSPS) is 25.1. The van der Waals surface area contributed by atoms with Crippen molar-refractivity contribution in [3.05, 3.63) is 0 Å². The second-order valence-electron chi connectivity index (χ2n) is 4.70. The summed E-state index contributed by atoms with van der Waals surface area (Å²) in [6.45, 7) is 3.62. The van der Waals surface area contributed by atoms with Gasteiger partial charge in [-0.15, -0.1) is 12.4 Å². The average molecular weight is 297 g/mol. The molecule has 1 saturated heterocycles. The van der Waals surface area contributed by atoms with E-state index in [-0.39, 0.29) is 24.4 Å². The highest BCUT2D eigenvalue weighted by molar-refractivity contribution is 7.98. The van der Waals surface area contributed by atoms with Crippen molar-refractivity contribution in [2.45, 2.75) is 38.3 Å². The molecule has 1 fully saturated rings. The molecule has 3 N–H and O–H groups in total. The summed E-state index contributed by atoms with van der Waals surface area (Å²) in [5.74, 6) is 1.46. The third-order valence-electron chi connectivity index (χ3n) is 3.13. The first kappa shape index (κ1) is 18.0. The second kappa shape index (κ2) is 9.89. The highest BCUT2D eigenvalue weighted by atomic mass is 35.5. The predicted octanol–water partition coefficient (Wildman–Crippen LogP) is 1.42. The first-order valence-electron chi connectivity index (χ1n) is 6.27. The van der Waals surface area contributed by atoms with E-state index in [0.29, 0.717) is 12.0 Å². The fourth-order valence-electron chi connectivity index (χ4n) is 2.03. The van der Waals surface area contributed by atoms with E-state index in [1.807, 2.05) is 6.26 Å². The maximum Gasteiger partial charge on any atom is 0.236 e. The van der Waals surface area contributed by atoms with Crippen molar-refractivity contribution in [1.29, 1.82) is 0 Å². The summed E-state index contributed by atoms with van der Waals surface area (Å²) in [5, 5.41) is 2.95. The molecule has 1 rings (SSSR count). The lowest BCUT2D eigenvalue weighted by atomic mass is 9.96. The molecule has 0 radical (unpaired) electrons. The quantitative estimate of drug-likeness (QED) is 0.778. The molecule has 1 amide bonds. The van der Waals surface area contributed by atoms with Crippen molar-refractivity contribution in [3.8, 4) is 0 Å². The number of thioether (sulfide) groups is 1. The summed E-state index contributed by atoms with van der Waals surface area (Å²) in [5.41, 5.74) is 5.80. The highest BCUT2D eigenvalue weighted by Gasteiger charge is 2.20. The smallest absolute Gasteiger partial charge is 0.236 e. The van der Waals surface area contributed by atoms with Gasteiger partial charge in [-0.25, -0.2) is 0 Å². The van der Waals surface area contributed by atoms with Gasteiger partial charge in [0.05, 0.1) is 12.1 Å². The van der Waals surface area contributed by atoms with Crippen LogP contribution in [0, 0.1) is 5.92 Å². The molecule has 108 valence electrons. The van der Waals surface area contributed by atoms with Gasteiger partial charge in [-0.05, 0) is 44.1 Å². The number of amides is 1. The van der Waals surface area contributed by atoms with Crippen LogP contribution >= 0.6 is 24.2 Å². The maximum atomic E-state index is 11.7. The molecule has 0 spiro atoms. The van der Waals surface area contributed by atoms with Gasteiger partial charge < -0.3 is 15.8 Å². The lowest BCUT2D eigenvalue weighted by Gasteiger charge is -2.27. The van der Waals surface area contributed by atoms with Gasteiger partial charge in [0.2, 0.25) is 5.91 Å². The number of halogens is 1. The molecule has 0 aromatic carbocycles. The average Bonchev–Trinajstić information content (AvgIpc) is 2.33. The summed E-state index contributed by atoms with van der Waals surface area (Å²) >= 11 is 1.72. The van der Waals surface area contributed by atoms with E-state index in [1.165, 1.54) is 0 Å². The number of nitrogens with two attached hydrogens (primary N) is 1. The third-order valence-corrected chi connectivity index (χ3v) is 3.77. The first-order chi connectivity index (χ1) is 8.13. The molecule has 4 nitrogen and oxygen atoms in total. The second-order valence-corrected chi connectivity index (χ2v) is 5.69. The van der Waals surface area contributed by atoms with Gasteiger partial charge in [0.1, 0.15) is 0 Å². The topological polar surface area (TPSA) is 64.4 Å². The number of nitrogens with one attached hydrogen (secondary N) is 1. The SMILES string of the molecule is CSCCC(N)C(=O)NCC1CCOC(C)C1.Cl. The van der Waals surface area contributed by atoms with Crippen LogP contribution in [0.4, 0.5) is 0 Å². The summed E-state index contributed by atoms with van der Waals surface area (Å²) in [6, 6.07) is -0.361. The Bertz CT molecular complexity index is 244. The molecule has 6 heteroatoms. The van der Waals surface area contributed by atoms with Crippen molar-refractivity contribution in [1.82, 2.24) is 5.32 Å². The lowest BCUT2D eigenvalue weighted by molar-refractivity contribution is -0.122. The Morgan fingerprint density at radius 3 is 2.94 bits per heavy atom. The molecule has 0 aromatic heterocycles. The Balaban J connectivity index is 0.00000289. The molecular weight excluding hydrogens is 272 g/mol. The van der Waals surface area contributed by atoms with E-state index < -0.39 is 0 Å². The summed E-state index contributed by atoms with van der Waals surface area (Å²) in [7, 11) is 0. The molecule has 0 aromatic rings. The lowest BCUT2D eigenvalue weighted by Crippen LogP contribution is -2.43. The zero-order chi connectivity index (χ0) is 12.7. The Morgan fingerprint density at radius 1 is 1.61 bits per heavy atom. The van der Waals surface area contributed by atoms with Crippen molar-refractivity contribution < 1.29 is 9.53 Å². The van der Waals surface area contributed by atoms with Crippen molar-refractivity contribution >= 4 is 30.1 Å². The van der Waals surface area contributed by atoms with E-state index in [9.17, 15) is 4.79 Å². The third kappa shape index (κ3) is 6.83. The van der Waals surface area contributed by atoms with Crippen LogP contribution in [0.25, 0.3) is 0 Å². The van der Waals surface area contributed by atoms with E-state index in [0.717, 1.165) is 38.2 Å². The minimum absolute atomic E-state index is 0. The number of hydrogen-bond donors (Lipinski definition) is 2. The number of carbonyl (C=O) groups is 1. The predicted molar refractivity (Wildman–Crippen MR) is 79.4 cm³/mol. The number of carbonyl (C=O) groups excluding carboxylic acids is 1. The minimum atomic E-state index is -0.361. The Hall–Kier alpha value is 0.0300. The van der Waals surface area contributed by atoms with E-state index >= 15 is 0 Å². The summed E-state index contributed by atoms with van der Waals surface area (Å²) in [6.07, 6.45) is 5.15. The minimum Gasteiger partial charge on any atom is -0.378 e. The van der Waals surface area contributed by atoms with Crippen LogP contribution in [0.1, 0.15) is 26.2 Å². The van der Waals surface area contributed by atoms with Gasteiger partial charge in [-0.1, -0.05) is 0 Å². The van der Waals surface area contributed by atoms with Crippen LogP contribution < -0.4 is 11.1 Å². The van der Waals surface area contributed by atoms with Gasteiger partial charge in [0, 0.05) is 13.2 Å². The molecule has 0 bridgehead atoms. The van der Waals surface area contributed by atoms with Gasteiger partial charge in [0.15, 0.2) is 0 Å². The standard InChI is InChI=1S/C12H24N2O2S.ClH/c1-9-7-10(3-5-16-9)8-14-12(15)11(13)4-6-17-2;/h9-11H,3-8,13H2,1-2H3,(H,14,15);1H. The van der Waals surface area contributed by atoms with Crippen molar-refractivity contribution in [3.63, 3.8) is 0 Å². The van der Waals surface area contributed by atoms with E-state index in [1.54, 1.807) is 11.8 Å². The highest BCUT2D eigenvalue weighted by Crippen LogP contribution is 2.18. The fourth-order valence-corrected chi connectivity index (χ4v) is 2.52. The molecule has 1 aliphatic heterocycles. The zero-order valence-electron chi connectivity index (χ0n) is 11.2. The Kier molecular flexibility index (Phi) is 9.91. The largest absolute Gasteiger partial charge is 0.378 e. The summed E-state index contributed by atoms with van der Waals surface area (Å²) in [4.78, 5) is 11.7. The zero-order valence-corrected chi connectivity index (χ0v) is 12.8. The van der Waals surface area contributed by atoms with Crippen LogP contribution in [0.15, 0.2) is 0 Å². The van der Waals surface area contributed by atoms with Crippen molar-refractivity contribution in [2.24, 2.45) is 11.7 Å². The van der Waals surface area contributed by atoms with Gasteiger partial charge >= 0.3 is 0 Å². The van der Waals surface area contributed by atoms with Crippen LogP contribution in [-0.4, -0.2) is 43.2 Å². The van der Waals surface area contributed by atoms with Crippen LogP contribution in [-0.2, 0) is 9.53 Å². The van der Waals surface area contributed by atoms with Crippen LogP contribution in [0.2, 0.25) is 0 Å². The Labute approximate surface area is 120 Å². The molecule has 1 aliphatic rings. The monoisotopic (exact) mass is 296 g/mol. The number of hydrogen-bond acceptors (Lipinski definition) is 4. The fraction of sp³-hybridized carbons (Fsp3) is 0.917. The number of ether oxygens (including phenoxy) is 1. The maximum absolute atomic E-state index is 11.7. The molecule has 3 unspecified atom stereocenters. The molecule has 0 saturated carbocycles. The summed E-state index contributed by atoms with van der Waals surface area (Å²) < 4.78 is 5.48. The molecular formula is C12H25ClN2O2S. The van der Waals surface area contributed by atoms with Crippen molar-refractivity contribution in [2.75, 3.05) is 25.2 Å². The number of rotatable bonds is 6. The van der Waals surface area contributed by atoms with Crippen LogP contribution in [0.5, 0.6) is 0 Å². The molecule has 0 aliphatic carbocycles. The van der Waals surface area contributed by atoms with Gasteiger partial charge in [0.25, 0.3) is 0 Å². The van der Waals surface area contributed by atoms with Gasteiger partial charge in [-0.2, -0.15) is 11.8 Å². The van der Waals surface area contributed by atoms with Crippen LogP contribution in [0.3, 0.4) is 0 Å². The first-order valence-corrected chi connectivity index (χ1v) is 7.66. The molecule has 3 atom stereocenters.